The summed E-state index contributed by atoms with van der Waals surface area (Å²) in [5.41, 5.74) is 3.01. The maximum absolute atomic E-state index is 13.6. The number of ether oxygens (including phenoxy) is 2. The van der Waals surface area contributed by atoms with E-state index in [1.54, 1.807) is 13.8 Å². The van der Waals surface area contributed by atoms with Gasteiger partial charge in [0, 0.05) is 6.20 Å². The average molecular weight is 412 g/mol. The van der Waals surface area contributed by atoms with Crippen LogP contribution in [0.3, 0.4) is 0 Å². The first-order chi connectivity index (χ1) is 13.4. The molecule has 7 nitrogen and oxygen atoms in total. The molecule has 1 amide bonds. The van der Waals surface area contributed by atoms with Crippen LogP contribution in [0, 0.1) is 12.8 Å². The summed E-state index contributed by atoms with van der Waals surface area (Å²) >= 11 is 0. The monoisotopic (exact) mass is 412 g/mol. The van der Waals surface area contributed by atoms with Gasteiger partial charge < -0.3 is 15.2 Å². The first kappa shape index (κ1) is 22.4. The van der Waals surface area contributed by atoms with Gasteiger partial charge in [-0.3, -0.25) is 0 Å². The molecule has 10 heteroatoms. The lowest BCUT2D eigenvalue weighted by atomic mass is 9.95. The summed E-state index contributed by atoms with van der Waals surface area (Å²) in [5, 5.41) is 0. The number of carbonyl (C=O) groups excluding carboxylic acids is 1. The molecule has 1 atom stereocenters. The predicted molar refractivity (Wildman–Crippen MR) is 99.0 cm³/mol. The van der Waals surface area contributed by atoms with Gasteiger partial charge in [0.2, 0.25) is 0 Å². The average Bonchev–Trinajstić information content (AvgIpc) is 2.57. The van der Waals surface area contributed by atoms with Gasteiger partial charge in [0.15, 0.2) is 5.69 Å². The fraction of sp³-hybridized carbons (Fsp3) is 0.474. The van der Waals surface area contributed by atoms with Crippen molar-refractivity contribution in [3.05, 3.63) is 35.9 Å². The number of rotatable bonds is 7. The summed E-state index contributed by atoms with van der Waals surface area (Å²) < 4.78 is 51.2. The van der Waals surface area contributed by atoms with Gasteiger partial charge in [0.1, 0.15) is 23.8 Å². The molecular weight excluding hydrogens is 389 g/mol. The van der Waals surface area contributed by atoms with Crippen molar-refractivity contribution >= 4 is 6.09 Å². The zero-order valence-corrected chi connectivity index (χ0v) is 16.6. The Balaban J connectivity index is 2.35. The van der Waals surface area contributed by atoms with Crippen molar-refractivity contribution in [2.45, 2.75) is 45.9 Å². The van der Waals surface area contributed by atoms with Crippen molar-refractivity contribution < 1.29 is 27.4 Å². The van der Waals surface area contributed by atoms with Crippen LogP contribution < -0.4 is 10.5 Å². The summed E-state index contributed by atoms with van der Waals surface area (Å²) in [7, 11) is 0. The van der Waals surface area contributed by atoms with E-state index >= 15 is 0 Å². The molecule has 1 unspecified atom stereocenters. The van der Waals surface area contributed by atoms with E-state index in [0.717, 1.165) is 0 Å². The number of hydrogen-bond acceptors (Lipinski definition) is 6. The van der Waals surface area contributed by atoms with Gasteiger partial charge in [0.25, 0.3) is 0 Å². The van der Waals surface area contributed by atoms with Gasteiger partial charge in [-0.15, -0.1) is 0 Å². The minimum atomic E-state index is -4.76. The van der Waals surface area contributed by atoms with Crippen LogP contribution >= 0.6 is 0 Å². The zero-order chi connectivity index (χ0) is 21.8. The number of hydrogen-bond donors (Lipinski definition) is 1. The van der Waals surface area contributed by atoms with Crippen LogP contribution in [0.1, 0.15) is 38.7 Å². The van der Waals surface area contributed by atoms with E-state index in [1.165, 1.54) is 24.4 Å². The van der Waals surface area contributed by atoms with Crippen LogP contribution in [-0.2, 0) is 10.9 Å². The molecule has 0 bridgehead atoms. The standard InChI is InChI=1S/C19H23F3N4O3/c1-11(2)9-18(4,29-17(23)27)10-28-15-6-5-13(26-16(15)19(20,21)22)14-7-8-24-12(3)25-14/h5-8,11H,9-10H2,1-4H3,(H2,23,27). The number of nitrogens with zero attached hydrogens (tertiary/aromatic N) is 3. The van der Waals surface area contributed by atoms with E-state index in [1.807, 2.05) is 13.8 Å². The third-order valence-electron chi connectivity index (χ3n) is 3.89. The van der Waals surface area contributed by atoms with Crippen molar-refractivity contribution in [2.75, 3.05) is 6.61 Å². The number of amides is 1. The molecular formula is C19H23F3N4O3. The molecule has 0 aliphatic heterocycles. The van der Waals surface area contributed by atoms with Crippen LogP contribution in [0.2, 0.25) is 0 Å². The number of carbonyl (C=O) groups is 1. The zero-order valence-electron chi connectivity index (χ0n) is 16.6. The maximum atomic E-state index is 13.6. The van der Waals surface area contributed by atoms with Gasteiger partial charge in [0.05, 0.1) is 11.4 Å². The molecule has 2 heterocycles. The molecule has 0 spiro atoms. The predicted octanol–water partition coefficient (Wildman–Crippen LogP) is 4.14. The summed E-state index contributed by atoms with van der Waals surface area (Å²) in [6, 6.07) is 4.01. The Morgan fingerprint density at radius 3 is 2.38 bits per heavy atom. The van der Waals surface area contributed by atoms with E-state index in [9.17, 15) is 18.0 Å². The van der Waals surface area contributed by atoms with Crippen molar-refractivity contribution in [1.29, 1.82) is 0 Å². The Hall–Kier alpha value is -2.91. The van der Waals surface area contributed by atoms with Gasteiger partial charge in [-0.1, -0.05) is 13.8 Å². The highest BCUT2D eigenvalue weighted by atomic mass is 19.4. The molecule has 0 fully saturated rings. The summed E-state index contributed by atoms with van der Waals surface area (Å²) in [6.45, 7) is 6.62. The Morgan fingerprint density at radius 2 is 1.83 bits per heavy atom. The van der Waals surface area contributed by atoms with E-state index < -0.39 is 29.3 Å². The lowest BCUT2D eigenvalue weighted by molar-refractivity contribution is -0.143. The number of pyridine rings is 1. The second-order valence-electron chi connectivity index (χ2n) is 7.29. The van der Waals surface area contributed by atoms with Crippen molar-refractivity contribution in [1.82, 2.24) is 15.0 Å². The number of aryl methyl sites for hydroxylation is 1. The summed E-state index contributed by atoms with van der Waals surface area (Å²) in [4.78, 5) is 22.9. The van der Waals surface area contributed by atoms with Crippen LogP contribution in [0.25, 0.3) is 11.4 Å². The van der Waals surface area contributed by atoms with E-state index in [0.29, 0.717) is 12.2 Å². The molecule has 2 N–H and O–H groups in total. The Bertz CT molecular complexity index is 874. The minimum Gasteiger partial charge on any atom is -0.487 e. The molecule has 0 aromatic carbocycles. The van der Waals surface area contributed by atoms with Gasteiger partial charge in [-0.05, 0) is 44.4 Å². The fourth-order valence-corrected chi connectivity index (χ4v) is 2.97. The van der Waals surface area contributed by atoms with Crippen molar-refractivity contribution in [3.8, 4) is 17.1 Å². The van der Waals surface area contributed by atoms with Gasteiger partial charge >= 0.3 is 12.3 Å². The summed E-state index contributed by atoms with van der Waals surface area (Å²) in [5.74, 6) is 0.0212. The number of aromatic nitrogens is 3. The molecule has 2 aromatic heterocycles. The third kappa shape index (κ3) is 6.30. The van der Waals surface area contributed by atoms with Crippen LogP contribution in [0.4, 0.5) is 18.0 Å². The molecule has 29 heavy (non-hydrogen) atoms. The van der Waals surface area contributed by atoms with Crippen molar-refractivity contribution in [3.63, 3.8) is 0 Å². The second-order valence-corrected chi connectivity index (χ2v) is 7.29. The van der Waals surface area contributed by atoms with E-state index in [-0.39, 0.29) is 23.9 Å². The van der Waals surface area contributed by atoms with E-state index in [2.05, 4.69) is 15.0 Å². The highest BCUT2D eigenvalue weighted by Crippen LogP contribution is 2.37. The minimum absolute atomic E-state index is 0.0357. The first-order valence-electron chi connectivity index (χ1n) is 8.89. The molecule has 0 radical (unpaired) electrons. The SMILES string of the molecule is Cc1nccc(-c2ccc(OCC(C)(CC(C)C)OC(N)=O)c(C(F)(F)F)n2)n1. The summed E-state index contributed by atoms with van der Waals surface area (Å²) in [6.07, 6.45) is -3.99. The highest BCUT2D eigenvalue weighted by Gasteiger charge is 2.38. The molecule has 0 aliphatic carbocycles. The van der Waals surface area contributed by atoms with E-state index in [4.69, 9.17) is 15.2 Å². The lowest BCUT2D eigenvalue weighted by Gasteiger charge is -2.30. The smallest absolute Gasteiger partial charge is 0.437 e. The molecule has 2 rings (SSSR count). The van der Waals surface area contributed by atoms with Gasteiger partial charge in [-0.2, -0.15) is 13.2 Å². The molecule has 0 aliphatic rings. The van der Waals surface area contributed by atoms with Crippen LogP contribution in [0.15, 0.2) is 24.4 Å². The normalized spacial score (nSPS) is 13.8. The first-order valence-corrected chi connectivity index (χ1v) is 8.89. The topological polar surface area (TPSA) is 100 Å². The fourth-order valence-electron chi connectivity index (χ4n) is 2.97. The third-order valence-corrected chi connectivity index (χ3v) is 3.89. The van der Waals surface area contributed by atoms with Crippen LogP contribution in [0.5, 0.6) is 5.75 Å². The number of nitrogens with two attached hydrogens (primary N) is 1. The van der Waals surface area contributed by atoms with Gasteiger partial charge in [-0.25, -0.2) is 19.7 Å². The largest absolute Gasteiger partial charge is 0.487 e. The number of primary amides is 1. The second kappa shape index (κ2) is 8.62. The Kier molecular flexibility index (Phi) is 6.66. The van der Waals surface area contributed by atoms with Crippen molar-refractivity contribution in [2.24, 2.45) is 11.7 Å². The molecule has 0 saturated heterocycles. The maximum Gasteiger partial charge on any atom is 0.437 e. The molecule has 2 aromatic rings. The molecule has 158 valence electrons. The van der Waals surface area contributed by atoms with Crippen LogP contribution in [-0.4, -0.2) is 33.3 Å². The lowest BCUT2D eigenvalue weighted by Crippen LogP contribution is -2.41. The Labute approximate surface area is 166 Å². The number of alkyl halides is 3. The highest BCUT2D eigenvalue weighted by molar-refractivity contribution is 5.65. The quantitative estimate of drug-likeness (QED) is 0.733. The molecule has 0 saturated carbocycles. The number of halogens is 3. The Morgan fingerprint density at radius 1 is 1.17 bits per heavy atom.